The molecule has 2 rings (SSSR count). The second kappa shape index (κ2) is 6.31. The molecule has 1 aliphatic rings. The minimum Gasteiger partial charge on any atom is -0.376 e. The van der Waals surface area contributed by atoms with Crippen LogP contribution in [0.2, 0.25) is 0 Å². The quantitative estimate of drug-likeness (QED) is 0.562. The van der Waals surface area contributed by atoms with Gasteiger partial charge in [-0.3, -0.25) is 4.18 Å². The van der Waals surface area contributed by atoms with Crippen molar-refractivity contribution >= 4 is 10.1 Å². The summed E-state index contributed by atoms with van der Waals surface area (Å²) < 4.78 is 33.4. The van der Waals surface area contributed by atoms with Crippen LogP contribution in [-0.2, 0) is 25.6 Å². The van der Waals surface area contributed by atoms with Crippen LogP contribution in [0.3, 0.4) is 0 Å². The van der Waals surface area contributed by atoms with E-state index in [2.05, 4.69) is 0 Å². The molecule has 0 atom stereocenters. The minimum absolute atomic E-state index is 0.0731. The lowest BCUT2D eigenvalue weighted by Crippen LogP contribution is -2.27. The maximum absolute atomic E-state index is 11.5. The van der Waals surface area contributed by atoms with Gasteiger partial charge in [0.1, 0.15) is 0 Å². The highest BCUT2D eigenvalue weighted by Crippen LogP contribution is 2.23. The van der Waals surface area contributed by atoms with Crippen molar-refractivity contribution in [3.8, 4) is 0 Å². The zero-order chi connectivity index (χ0) is 12.8. The first-order valence-electron chi connectivity index (χ1n) is 6.18. The molecule has 0 spiro atoms. The van der Waals surface area contributed by atoms with E-state index in [1.54, 1.807) is 0 Å². The van der Waals surface area contributed by atoms with Crippen LogP contribution < -0.4 is 0 Å². The highest BCUT2D eigenvalue weighted by Gasteiger charge is 2.24. The smallest absolute Gasteiger partial charge is 0.269 e. The van der Waals surface area contributed by atoms with Crippen molar-refractivity contribution < 1.29 is 17.3 Å². The molecule has 0 bridgehead atoms. The number of benzene rings is 1. The van der Waals surface area contributed by atoms with Gasteiger partial charge in [-0.05, 0) is 24.8 Å². The molecule has 0 unspecified atom stereocenters. The Morgan fingerprint density at radius 1 is 1.17 bits per heavy atom. The summed E-state index contributed by atoms with van der Waals surface area (Å²) in [7, 11) is -3.42. The molecule has 5 heteroatoms. The topological polar surface area (TPSA) is 52.6 Å². The summed E-state index contributed by atoms with van der Waals surface area (Å²) in [6.07, 6.45) is 2.67. The van der Waals surface area contributed by atoms with E-state index in [9.17, 15) is 8.42 Å². The molecule has 0 heterocycles. The second-order valence-electron chi connectivity index (χ2n) is 4.45. The van der Waals surface area contributed by atoms with E-state index < -0.39 is 10.1 Å². The van der Waals surface area contributed by atoms with E-state index in [0.717, 1.165) is 24.8 Å². The molecule has 1 aromatic rings. The van der Waals surface area contributed by atoms with Crippen LogP contribution in [0.15, 0.2) is 30.3 Å². The third kappa shape index (κ3) is 4.40. The Kier molecular flexibility index (Phi) is 4.74. The van der Waals surface area contributed by atoms with Gasteiger partial charge in [0, 0.05) is 0 Å². The third-order valence-corrected chi connectivity index (χ3v) is 4.16. The molecular formula is C13H18O4S. The van der Waals surface area contributed by atoms with Crippen LogP contribution in [0.25, 0.3) is 0 Å². The molecule has 0 N–H and O–H groups in total. The van der Waals surface area contributed by atoms with Crippen molar-refractivity contribution in [1.82, 2.24) is 0 Å². The molecule has 18 heavy (non-hydrogen) atoms. The number of hydrogen-bond donors (Lipinski definition) is 0. The van der Waals surface area contributed by atoms with Crippen molar-refractivity contribution in [2.75, 3.05) is 12.4 Å². The molecule has 1 fully saturated rings. The minimum atomic E-state index is -3.42. The molecule has 4 nitrogen and oxygen atoms in total. The molecule has 1 aliphatic carbocycles. The van der Waals surface area contributed by atoms with E-state index in [1.165, 1.54) is 0 Å². The van der Waals surface area contributed by atoms with E-state index in [4.69, 9.17) is 8.92 Å². The number of ether oxygens (including phenoxy) is 1. The van der Waals surface area contributed by atoms with Crippen LogP contribution in [0.4, 0.5) is 0 Å². The lowest BCUT2D eigenvalue weighted by Gasteiger charge is -2.24. The monoisotopic (exact) mass is 270 g/mol. The van der Waals surface area contributed by atoms with E-state index in [1.807, 2.05) is 30.3 Å². The van der Waals surface area contributed by atoms with Gasteiger partial charge >= 0.3 is 0 Å². The molecule has 0 aliphatic heterocycles. The standard InChI is InChI=1S/C13H18O4S/c14-18(15,17-13-7-4-8-13)10-9-16-11-12-5-2-1-3-6-12/h1-3,5-6,13H,4,7-11H2. The van der Waals surface area contributed by atoms with Gasteiger partial charge < -0.3 is 4.74 Å². The Labute approximate surface area is 108 Å². The SMILES string of the molecule is O=S(=O)(CCOCc1ccccc1)OC1CCC1. The van der Waals surface area contributed by atoms with E-state index in [0.29, 0.717) is 6.61 Å². The molecule has 0 aromatic heterocycles. The lowest BCUT2D eigenvalue weighted by molar-refractivity contribution is 0.115. The van der Waals surface area contributed by atoms with E-state index >= 15 is 0 Å². The van der Waals surface area contributed by atoms with Crippen molar-refractivity contribution in [3.05, 3.63) is 35.9 Å². The van der Waals surface area contributed by atoms with Gasteiger partial charge in [0.05, 0.1) is 25.1 Å². The Hall–Kier alpha value is -0.910. The van der Waals surface area contributed by atoms with Gasteiger partial charge in [-0.25, -0.2) is 0 Å². The fourth-order valence-corrected chi connectivity index (χ4v) is 2.67. The molecule has 1 saturated carbocycles. The molecule has 0 radical (unpaired) electrons. The predicted octanol–water partition coefficient (Wildman–Crippen LogP) is 2.10. The second-order valence-corrected chi connectivity index (χ2v) is 6.17. The fraction of sp³-hybridized carbons (Fsp3) is 0.538. The zero-order valence-corrected chi connectivity index (χ0v) is 11.1. The Morgan fingerprint density at radius 2 is 1.89 bits per heavy atom. The number of rotatable bonds is 7. The summed E-state index contributed by atoms with van der Waals surface area (Å²) in [6, 6.07) is 9.67. The summed E-state index contributed by atoms with van der Waals surface area (Å²) in [5, 5.41) is 0. The summed E-state index contributed by atoms with van der Waals surface area (Å²) in [4.78, 5) is 0. The normalized spacial score (nSPS) is 16.4. The van der Waals surface area contributed by atoms with Crippen molar-refractivity contribution in [1.29, 1.82) is 0 Å². The van der Waals surface area contributed by atoms with Crippen molar-refractivity contribution in [2.45, 2.75) is 32.0 Å². The van der Waals surface area contributed by atoms with Crippen molar-refractivity contribution in [3.63, 3.8) is 0 Å². The largest absolute Gasteiger partial charge is 0.376 e. The fourth-order valence-electron chi connectivity index (χ4n) is 1.65. The summed E-state index contributed by atoms with van der Waals surface area (Å²) in [5.74, 6) is -0.0731. The zero-order valence-electron chi connectivity index (χ0n) is 10.2. The molecule has 0 saturated heterocycles. The first-order chi connectivity index (χ1) is 8.66. The van der Waals surface area contributed by atoms with Gasteiger partial charge in [0.15, 0.2) is 0 Å². The van der Waals surface area contributed by atoms with Crippen LogP contribution in [0.5, 0.6) is 0 Å². The maximum Gasteiger partial charge on any atom is 0.269 e. The first kappa shape index (κ1) is 13.5. The van der Waals surface area contributed by atoms with Crippen LogP contribution in [-0.4, -0.2) is 26.9 Å². The average molecular weight is 270 g/mol. The highest BCUT2D eigenvalue weighted by atomic mass is 32.2. The summed E-state index contributed by atoms with van der Waals surface area (Å²) in [5.41, 5.74) is 1.04. The summed E-state index contributed by atoms with van der Waals surface area (Å²) in [6.45, 7) is 0.601. The first-order valence-corrected chi connectivity index (χ1v) is 7.76. The number of hydrogen-bond acceptors (Lipinski definition) is 4. The Balaban J connectivity index is 1.65. The molecular weight excluding hydrogens is 252 g/mol. The maximum atomic E-state index is 11.5. The van der Waals surface area contributed by atoms with Gasteiger partial charge in [-0.15, -0.1) is 0 Å². The predicted molar refractivity (Wildman–Crippen MR) is 68.6 cm³/mol. The third-order valence-electron chi connectivity index (χ3n) is 2.92. The molecule has 1 aromatic carbocycles. The Morgan fingerprint density at radius 3 is 2.50 bits per heavy atom. The van der Waals surface area contributed by atoms with E-state index in [-0.39, 0.29) is 18.5 Å². The molecule has 100 valence electrons. The lowest BCUT2D eigenvalue weighted by atomic mass is 9.97. The summed E-state index contributed by atoms with van der Waals surface area (Å²) >= 11 is 0. The van der Waals surface area contributed by atoms with Crippen LogP contribution in [0, 0.1) is 0 Å². The van der Waals surface area contributed by atoms with Gasteiger partial charge in [-0.2, -0.15) is 8.42 Å². The molecule has 0 amide bonds. The Bertz CT molecular complexity index is 451. The van der Waals surface area contributed by atoms with Crippen LogP contribution >= 0.6 is 0 Å². The highest BCUT2D eigenvalue weighted by molar-refractivity contribution is 7.86. The van der Waals surface area contributed by atoms with Gasteiger partial charge in [0.2, 0.25) is 0 Å². The van der Waals surface area contributed by atoms with Crippen LogP contribution in [0.1, 0.15) is 24.8 Å². The van der Waals surface area contributed by atoms with Crippen molar-refractivity contribution in [2.24, 2.45) is 0 Å². The average Bonchev–Trinajstić information content (AvgIpc) is 2.31. The van der Waals surface area contributed by atoms with Gasteiger partial charge in [-0.1, -0.05) is 30.3 Å². The van der Waals surface area contributed by atoms with Gasteiger partial charge in [0.25, 0.3) is 10.1 Å².